The molecule has 1 aromatic rings. The first-order chi connectivity index (χ1) is 6.88. The molecule has 0 aromatic heterocycles. The lowest BCUT2D eigenvalue weighted by atomic mass is 10.2. The quantitative estimate of drug-likeness (QED) is 0.715. The van der Waals surface area contributed by atoms with E-state index in [1.165, 1.54) is 48.0 Å². The second-order valence-electron chi connectivity index (χ2n) is 3.85. The van der Waals surface area contributed by atoms with Crippen molar-refractivity contribution in [3.8, 4) is 0 Å². The van der Waals surface area contributed by atoms with Crippen LogP contribution >= 0.6 is 22.6 Å². The highest BCUT2D eigenvalue weighted by atomic mass is 127. The van der Waals surface area contributed by atoms with Crippen LogP contribution in [0.15, 0.2) is 24.3 Å². The number of anilines is 1. The van der Waals surface area contributed by atoms with Gasteiger partial charge in [0.05, 0.1) is 5.69 Å². The molecule has 2 heteroatoms. The van der Waals surface area contributed by atoms with Crippen molar-refractivity contribution >= 4 is 28.3 Å². The third-order valence-corrected chi connectivity index (χ3v) is 3.71. The van der Waals surface area contributed by atoms with E-state index in [1.807, 2.05) is 0 Å². The minimum atomic E-state index is 1.24. The molecule has 0 amide bonds. The van der Waals surface area contributed by atoms with Crippen LogP contribution in [0.3, 0.4) is 0 Å². The summed E-state index contributed by atoms with van der Waals surface area (Å²) in [5, 5.41) is 0. The van der Waals surface area contributed by atoms with Crippen LogP contribution in [0.4, 0.5) is 5.69 Å². The summed E-state index contributed by atoms with van der Waals surface area (Å²) in [6.45, 7) is 2.47. The van der Waals surface area contributed by atoms with Gasteiger partial charge in [-0.2, -0.15) is 0 Å². The minimum Gasteiger partial charge on any atom is -0.371 e. The summed E-state index contributed by atoms with van der Waals surface area (Å²) >= 11 is 2.43. The van der Waals surface area contributed by atoms with Gasteiger partial charge in [0, 0.05) is 16.7 Å². The molecule has 1 aliphatic rings. The van der Waals surface area contributed by atoms with Gasteiger partial charge >= 0.3 is 0 Å². The van der Waals surface area contributed by atoms with Gasteiger partial charge in [0.1, 0.15) is 0 Å². The Morgan fingerprint density at radius 2 is 1.57 bits per heavy atom. The highest BCUT2D eigenvalue weighted by molar-refractivity contribution is 14.1. The molecule has 0 bridgehead atoms. The van der Waals surface area contributed by atoms with Crippen LogP contribution in [0, 0.1) is 3.57 Å². The second-order valence-corrected chi connectivity index (χ2v) is 5.01. The number of hydrogen-bond acceptors (Lipinski definition) is 1. The zero-order valence-electron chi connectivity index (χ0n) is 8.38. The third-order valence-electron chi connectivity index (χ3n) is 2.80. The molecule has 0 spiro atoms. The number of hydrogen-bond donors (Lipinski definition) is 0. The van der Waals surface area contributed by atoms with Crippen molar-refractivity contribution in [2.45, 2.75) is 25.7 Å². The molecule has 14 heavy (non-hydrogen) atoms. The van der Waals surface area contributed by atoms with E-state index >= 15 is 0 Å². The number of nitrogens with zero attached hydrogens (tertiary/aromatic N) is 1. The summed E-state index contributed by atoms with van der Waals surface area (Å²) in [5.74, 6) is 0. The van der Waals surface area contributed by atoms with Gasteiger partial charge in [-0.15, -0.1) is 0 Å². The topological polar surface area (TPSA) is 3.24 Å². The zero-order chi connectivity index (χ0) is 9.80. The van der Waals surface area contributed by atoms with Crippen molar-refractivity contribution in [3.05, 3.63) is 27.8 Å². The van der Waals surface area contributed by atoms with Gasteiger partial charge in [0.25, 0.3) is 0 Å². The molecule has 1 aliphatic heterocycles. The van der Waals surface area contributed by atoms with Crippen LogP contribution in [0.25, 0.3) is 0 Å². The number of para-hydroxylation sites is 1. The third kappa shape index (κ3) is 2.41. The summed E-state index contributed by atoms with van der Waals surface area (Å²) in [6, 6.07) is 8.69. The first-order valence-corrected chi connectivity index (χ1v) is 6.45. The maximum Gasteiger partial charge on any atom is 0.0501 e. The molecular formula is C12H16IN. The lowest BCUT2D eigenvalue weighted by Crippen LogP contribution is -2.24. The van der Waals surface area contributed by atoms with Crippen molar-refractivity contribution < 1.29 is 0 Å². The van der Waals surface area contributed by atoms with E-state index in [1.54, 1.807) is 0 Å². The number of benzene rings is 1. The molecule has 1 aromatic carbocycles. The van der Waals surface area contributed by atoms with Crippen molar-refractivity contribution in [2.75, 3.05) is 18.0 Å². The van der Waals surface area contributed by atoms with E-state index in [2.05, 4.69) is 51.8 Å². The highest BCUT2D eigenvalue weighted by Gasteiger charge is 2.11. The molecule has 2 rings (SSSR count). The highest BCUT2D eigenvalue weighted by Crippen LogP contribution is 2.24. The molecule has 0 unspecified atom stereocenters. The molecule has 1 nitrogen and oxygen atoms in total. The summed E-state index contributed by atoms with van der Waals surface area (Å²) in [6.07, 6.45) is 5.51. The van der Waals surface area contributed by atoms with Crippen molar-refractivity contribution in [1.82, 2.24) is 0 Å². The van der Waals surface area contributed by atoms with Gasteiger partial charge in [-0.05, 0) is 47.6 Å². The van der Waals surface area contributed by atoms with Crippen molar-refractivity contribution in [3.63, 3.8) is 0 Å². The van der Waals surface area contributed by atoms with E-state index < -0.39 is 0 Å². The largest absolute Gasteiger partial charge is 0.371 e. The van der Waals surface area contributed by atoms with Gasteiger partial charge in [-0.1, -0.05) is 25.0 Å². The van der Waals surface area contributed by atoms with E-state index in [9.17, 15) is 0 Å². The smallest absolute Gasteiger partial charge is 0.0501 e. The molecule has 0 saturated carbocycles. The zero-order valence-corrected chi connectivity index (χ0v) is 10.5. The standard InChI is InChI=1S/C12H16IN/c13-11-7-3-4-8-12(11)14-9-5-1-2-6-10-14/h3-4,7-8H,1-2,5-6,9-10H2. The van der Waals surface area contributed by atoms with Crippen LogP contribution in [0.1, 0.15) is 25.7 Å². The van der Waals surface area contributed by atoms with E-state index in [-0.39, 0.29) is 0 Å². The average Bonchev–Trinajstić information content (AvgIpc) is 2.47. The Bertz CT molecular complexity index is 290. The fourth-order valence-electron chi connectivity index (χ4n) is 2.02. The Morgan fingerprint density at radius 3 is 2.21 bits per heavy atom. The molecule has 0 aliphatic carbocycles. The van der Waals surface area contributed by atoms with Crippen molar-refractivity contribution in [2.24, 2.45) is 0 Å². The maximum absolute atomic E-state index is 2.54. The summed E-state index contributed by atoms with van der Waals surface area (Å²) < 4.78 is 1.38. The first kappa shape index (κ1) is 10.3. The molecule has 0 radical (unpaired) electrons. The van der Waals surface area contributed by atoms with Crippen LogP contribution in [-0.2, 0) is 0 Å². The minimum absolute atomic E-state index is 1.24. The molecule has 1 fully saturated rings. The van der Waals surface area contributed by atoms with Crippen LogP contribution in [-0.4, -0.2) is 13.1 Å². The Labute approximate surface area is 99.6 Å². The van der Waals surface area contributed by atoms with Gasteiger partial charge in [-0.25, -0.2) is 0 Å². The molecule has 76 valence electrons. The molecule has 1 heterocycles. The Hall–Kier alpha value is -0.250. The predicted octanol–water partition coefficient (Wildman–Crippen LogP) is 3.67. The SMILES string of the molecule is Ic1ccccc1N1CCCCCC1. The fraction of sp³-hybridized carbons (Fsp3) is 0.500. The first-order valence-electron chi connectivity index (χ1n) is 5.37. The lowest BCUT2D eigenvalue weighted by Gasteiger charge is -2.23. The molecule has 0 atom stereocenters. The van der Waals surface area contributed by atoms with Crippen LogP contribution < -0.4 is 4.90 Å². The van der Waals surface area contributed by atoms with E-state index in [0.717, 1.165) is 0 Å². The van der Waals surface area contributed by atoms with Crippen LogP contribution in [0.2, 0.25) is 0 Å². The summed E-state index contributed by atoms with van der Waals surface area (Å²) in [4.78, 5) is 2.54. The van der Waals surface area contributed by atoms with Crippen LogP contribution in [0.5, 0.6) is 0 Å². The van der Waals surface area contributed by atoms with Gasteiger partial charge < -0.3 is 4.90 Å². The van der Waals surface area contributed by atoms with E-state index in [0.29, 0.717) is 0 Å². The van der Waals surface area contributed by atoms with Gasteiger partial charge in [-0.3, -0.25) is 0 Å². The van der Waals surface area contributed by atoms with E-state index in [4.69, 9.17) is 0 Å². The Kier molecular flexibility index (Phi) is 3.67. The average molecular weight is 301 g/mol. The maximum atomic E-state index is 2.54. The molecule has 0 N–H and O–H groups in total. The molecular weight excluding hydrogens is 285 g/mol. The predicted molar refractivity (Wildman–Crippen MR) is 69.8 cm³/mol. The van der Waals surface area contributed by atoms with Gasteiger partial charge in [0.15, 0.2) is 0 Å². The number of halogens is 1. The molecule has 1 saturated heterocycles. The monoisotopic (exact) mass is 301 g/mol. The number of rotatable bonds is 1. The van der Waals surface area contributed by atoms with Crippen molar-refractivity contribution in [1.29, 1.82) is 0 Å². The summed E-state index contributed by atoms with van der Waals surface area (Å²) in [7, 11) is 0. The fourth-order valence-corrected chi connectivity index (χ4v) is 2.75. The second kappa shape index (κ2) is 5.01. The normalized spacial score (nSPS) is 17.9. The lowest BCUT2D eigenvalue weighted by molar-refractivity contribution is 0.726. The van der Waals surface area contributed by atoms with Gasteiger partial charge in [0.2, 0.25) is 0 Å². The Morgan fingerprint density at radius 1 is 0.929 bits per heavy atom. The summed E-state index contributed by atoms with van der Waals surface area (Å²) in [5.41, 5.74) is 1.43. The Balaban J connectivity index is 2.16.